The highest BCUT2D eigenvalue weighted by atomic mass is 35.5. The third kappa shape index (κ3) is 5.02. The minimum atomic E-state index is 0.392. The van der Waals surface area contributed by atoms with Crippen molar-refractivity contribution in [3.8, 4) is 0 Å². The summed E-state index contributed by atoms with van der Waals surface area (Å²) in [6.07, 6.45) is 4.90. The van der Waals surface area contributed by atoms with E-state index in [9.17, 15) is 0 Å². The van der Waals surface area contributed by atoms with Gasteiger partial charge < -0.3 is 16.4 Å². The second-order valence-corrected chi connectivity index (χ2v) is 7.00. The molecule has 0 amide bonds. The van der Waals surface area contributed by atoms with Gasteiger partial charge in [-0.1, -0.05) is 48.7 Å². The first kappa shape index (κ1) is 19.3. The van der Waals surface area contributed by atoms with E-state index in [-0.39, 0.29) is 0 Å². The number of nitrogens with one attached hydrogen (secondary N) is 2. The van der Waals surface area contributed by atoms with Crippen molar-refractivity contribution >= 4 is 51.9 Å². The van der Waals surface area contributed by atoms with Gasteiger partial charge in [0.2, 0.25) is 0 Å². The maximum absolute atomic E-state index is 6.24. The monoisotopic (exact) mass is 401 g/mol. The molecule has 27 heavy (non-hydrogen) atoms. The average molecular weight is 402 g/mol. The van der Waals surface area contributed by atoms with Gasteiger partial charge >= 0.3 is 0 Å². The molecular weight excluding hydrogens is 381 g/mol. The summed E-state index contributed by atoms with van der Waals surface area (Å²) in [7, 11) is 0. The SMILES string of the molecule is CCCCc1ccc(Nc2ncnc(Nc3cc(Cl)ccc3Cl)c2N)cc1. The molecule has 0 saturated carbocycles. The Morgan fingerprint density at radius 3 is 2.37 bits per heavy atom. The molecule has 3 rings (SSSR count). The van der Waals surface area contributed by atoms with Gasteiger partial charge in [-0.2, -0.15) is 0 Å². The van der Waals surface area contributed by atoms with Crippen molar-refractivity contribution in [3.63, 3.8) is 0 Å². The Morgan fingerprint density at radius 2 is 1.67 bits per heavy atom. The number of hydrogen-bond acceptors (Lipinski definition) is 5. The van der Waals surface area contributed by atoms with Gasteiger partial charge in [-0.25, -0.2) is 9.97 Å². The molecule has 2 aromatic carbocycles. The van der Waals surface area contributed by atoms with Crippen LogP contribution in [0.15, 0.2) is 48.8 Å². The highest BCUT2D eigenvalue weighted by Gasteiger charge is 2.11. The average Bonchev–Trinajstić information content (AvgIpc) is 2.67. The number of nitrogen functional groups attached to an aromatic ring is 1. The lowest BCUT2D eigenvalue weighted by Gasteiger charge is -2.14. The van der Waals surface area contributed by atoms with Crippen molar-refractivity contribution in [2.45, 2.75) is 26.2 Å². The largest absolute Gasteiger partial charge is 0.393 e. The van der Waals surface area contributed by atoms with E-state index in [0.29, 0.717) is 33.1 Å². The number of unbranched alkanes of at least 4 members (excludes halogenated alkanes) is 1. The Labute approximate surface area is 168 Å². The summed E-state index contributed by atoms with van der Waals surface area (Å²) in [5.41, 5.74) is 9.48. The van der Waals surface area contributed by atoms with Crippen LogP contribution >= 0.6 is 23.2 Å². The Hall–Kier alpha value is -2.50. The highest BCUT2D eigenvalue weighted by Crippen LogP contribution is 2.32. The summed E-state index contributed by atoms with van der Waals surface area (Å²) in [6, 6.07) is 13.4. The highest BCUT2D eigenvalue weighted by molar-refractivity contribution is 6.35. The number of nitrogens with zero attached hydrogens (tertiary/aromatic N) is 2. The van der Waals surface area contributed by atoms with E-state index in [1.165, 1.54) is 24.7 Å². The molecule has 0 fully saturated rings. The summed E-state index contributed by atoms with van der Waals surface area (Å²) in [6.45, 7) is 2.19. The minimum Gasteiger partial charge on any atom is -0.393 e. The van der Waals surface area contributed by atoms with Crippen LogP contribution in [0.2, 0.25) is 10.0 Å². The number of nitrogens with two attached hydrogens (primary N) is 1. The summed E-state index contributed by atoms with van der Waals surface area (Å²) in [5, 5.41) is 7.43. The predicted molar refractivity (Wildman–Crippen MR) is 115 cm³/mol. The van der Waals surface area contributed by atoms with Gasteiger partial charge in [-0.15, -0.1) is 0 Å². The first-order valence-electron chi connectivity index (χ1n) is 8.75. The van der Waals surface area contributed by atoms with Crippen molar-refractivity contribution in [1.29, 1.82) is 0 Å². The number of rotatable bonds is 7. The quantitative estimate of drug-likeness (QED) is 0.439. The van der Waals surface area contributed by atoms with Gasteiger partial charge in [0.05, 0.1) is 10.7 Å². The normalized spacial score (nSPS) is 10.6. The molecule has 7 heteroatoms. The van der Waals surface area contributed by atoms with Gasteiger partial charge in [0.15, 0.2) is 11.6 Å². The number of halogens is 2. The van der Waals surface area contributed by atoms with Crippen LogP contribution in [0.1, 0.15) is 25.3 Å². The Bertz CT molecular complexity index is 913. The molecule has 0 aliphatic rings. The molecule has 0 aliphatic carbocycles. The Morgan fingerprint density at radius 1 is 0.963 bits per heavy atom. The lowest BCUT2D eigenvalue weighted by atomic mass is 10.1. The van der Waals surface area contributed by atoms with E-state index in [4.69, 9.17) is 28.9 Å². The first-order valence-corrected chi connectivity index (χ1v) is 9.51. The smallest absolute Gasteiger partial charge is 0.159 e. The maximum Gasteiger partial charge on any atom is 0.159 e. The molecule has 0 bridgehead atoms. The molecular formula is C20H21Cl2N5. The summed E-state index contributed by atoms with van der Waals surface area (Å²) < 4.78 is 0. The van der Waals surface area contributed by atoms with Gasteiger partial charge in [0.25, 0.3) is 0 Å². The summed E-state index contributed by atoms with van der Waals surface area (Å²) in [5.74, 6) is 0.975. The van der Waals surface area contributed by atoms with Crippen molar-refractivity contribution in [2.75, 3.05) is 16.4 Å². The van der Waals surface area contributed by atoms with Crippen LogP contribution in [0.5, 0.6) is 0 Å². The van der Waals surface area contributed by atoms with Crippen molar-refractivity contribution in [1.82, 2.24) is 9.97 Å². The van der Waals surface area contributed by atoms with E-state index in [1.54, 1.807) is 18.2 Å². The lowest BCUT2D eigenvalue weighted by Crippen LogP contribution is -2.05. The third-order valence-corrected chi connectivity index (χ3v) is 4.67. The van der Waals surface area contributed by atoms with Crippen LogP contribution in [-0.4, -0.2) is 9.97 Å². The third-order valence-electron chi connectivity index (χ3n) is 4.10. The van der Waals surface area contributed by atoms with E-state index in [0.717, 1.165) is 12.1 Å². The fraction of sp³-hybridized carbons (Fsp3) is 0.200. The second kappa shape index (κ2) is 8.93. The van der Waals surface area contributed by atoms with Gasteiger partial charge in [-0.3, -0.25) is 0 Å². The van der Waals surface area contributed by atoms with E-state index in [1.807, 2.05) is 12.1 Å². The number of aromatic nitrogens is 2. The van der Waals surface area contributed by atoms with Gasteiger partial charge in [-0.05, 0) is 48.7 Å². The van der Waals surface area contributed by atoms with Crippen LogP contribution in [-0.2, 0) is 6.42 Å². The van der Waals surface area contributed by atoms with Gasteiger partial charge in [0.1, 0.15) is 12.0 Å². The molecule has 0 aliphatic heterocycles. The summed E-state index contributed by atoms with van der Waals surface area (Å²) in [4.78, 5) is 8.45. The molecule has 0 spiro atoms. The number of benzene rings is 2. The maximum atomic E-state index is 6.24. The predicted octanol–water partition coefficient (Wildman–Crippen LogP) is 6.20. The molecule has 0 saturated heterocycles. The number of aryl methyl sites for hydroxylation is 1. The van der Waals surface area contributed by atoms with Crippen LogP contribution in [0.25, 0.3) is 0 Å². The standard InChI is InChI=1S/C20H21Cl2N5/c1-2-3-4-13-5-8-15(9-6-13)26-19-18(23)20(25-12-24-19)27-17-11-14(21)7-10-16(17)22/h5-12H,2-4,23H2,1H3,(H2,24,25,26,27). The van der Waals surface area contributed by atoms with Crippen LogP contribution in [0, 0.1) is 0 Å². The van der Waals surface area contributed by atoms with Crippen molar-refractivity contribution < 1.29 is 0 Å². The van der Waals surface area contributed by atoms with Crippen LogP contribution in [0.3, 0.4) is 0 Å². The van der Waals surface area contributed by atoms with E-state index >= 15 is 0 Å². The number of anilines is 5. The molecule has 5 nitrogen and oxygen atoms in total. The first-order chi connectivity index (χ1) is 13.1. The lowest BCUT2D eigenvalue weighted by molar-refractivity contribution is 0.795. The summed E-state index contributed by atoms with van der Waals surface area (Å²) >= 11 is 12.2. The van der Waals surface area contributed by atoms with Gasteiger partial charge in [0, 0.05) is 10.7 Å². The zero-order valence-corrected chi connectivity index (χ0v) is 16.5. The molecule has 0 atom stereocenters. The van der Waals surface area contributed by atoms with Crippen molar-refractivity contribution in [3.05, 3.63) is 64.4 Å². The molecule has 1 heterocycles. The van der Waals surface area contributed by atoms with E-state index < -0.39 is 0 Å². The second-order valence-electron chi connectivity index (χ2n) is 6.16. The zero-order chi connectivity index (χ0) is 19.2. The molecule has 140 valence electrons. The topological polar surface area (TPSA) is 75.9 Å². The number of hydrogen-bond donors (Lipinski definition) is 3. The Balaban J connectivity index is 1.77. The van der Waals surface area contributed by atoms with E-state index in [2.05, 4.69) is 39.7 Å². The molecule has 1 aromatic heterocycles. The minimum absolute atomic E-state index is 0.392. The van der Waals surface area contributed by atoms with Crippen molar-refractivity contribution in [2.24, 2.45) is 0 Å². The Kier molecular flexibility index (Phi) is 6.37. The van der Waals surface area contributed by atoms with Crippen LogP contribution < -0.4 is 16.4 Å². The fourth-order valence-corrected chi connectivity index (χ4v) is 2.92. The zero-order valence-electron chi connectivity index (χ0n) is 15.0. The molecule has 4 N–H and O–H groups in total. The molecule has 0 unspecified atom stereocenters. The van der Waals surface area contributed by atoms with Crippen LogP contribution in [0.4, 0.5) is 28.7 Å². The molecule has 3 aromatic rings. The fourth-order valence-electron chi connectivity index (χ4n) is 2.59. The molecule has 0 radical (unpaired) electrons.